The third-order valence-corrected chi connectivity index (χ3v) is 1.89. The number of ether oxygens (including phenoxy) is 1. The largest absolute Gasteiger partial charge is 0.496 e. The highest BCUT2D eigenvalue weighted by molar-refractivity contribution is 7.16. The van der Waals surface area contributed by atoms with Gasteiger partial charge in [0.25, 0.3) is 0 Å². The second-order valence-corrected chi connectivity index (χ2v) is 2.93. The number of methoxy groups -OCH3 is 1. The Balaban J connectivity index is 2.83. The van der Waals surface area contributed by atoms with E-state index in [9.17, 15) is 0 Å². The molecule has 1 aromatic rings. The van der Waals surface area contributed by atoms with Crippen molar-refractivity contribution in [3.05, 3.63) is 29.8 Å². The van der Waals surface area contributed by atoms with E-state index < -0.39 is 0 Å². The molecule has 1 nitrogen and oxygen atoms in total. The first-order valence-electron chi connectivity index (χ1n) is 3.70. The molecule has 0 spiro atoms. The number of para-hydroxylation sites is 1. The standard InChI is InChI=1S/C9H13OP/c1-10-9-5-3-2-4-8(9)6-7-11/h2-5H,6-7,11H2,1H3. The van der Waals surface area contributed by atoms with Crippen LogP contribution < -0.4 is 4.74 Å². The van der Waals surface area contributed by atoms with Gasteiger partial charge in [-0.15, -0.1) is 9.24 Å². The maximum absolute atomic E-state index is 5.19. The average molecular weight is 168 g/mol. The molecule has 0 heterocycles. The van der Waals surface area contributed by atoms with Gasteiger partial charge in [-0.1, -0.05) is 18.2 Å². The monoisotopic (exact) mass is 168 g/mol. The van der Waals surface area contributed by atoms with Crippen LogP contribution in [-0.4, -0.2) is 13.3 Å². The van der Waals surface area contributed by atoms with Crippen LogP contribution in [0.2, 0.25) is 0 Å². The van der Waals surface area contributed by atoms with E-state index in [2.05, 4.69) is 15.3 Å². The zero-order chi connectivity index (χ0) is 8.10. The Bertz CT molecular complexity index is 223. The number of hydrogen-bond donors (Lipinski definition) is 0. The molecule has 60 valence electrons. The van der Waals surface area contributed by atoms with Gasteiger partial charge in [-0.3, -0.25) is 0 Å². The number of benzene rings is 1. The highest BCUT2D eigenvalue weighted by atomic mass is 31.0. The van der Waals surface area contributed by atoms with Gasteiger partial charge < -0.3 is 4.74 Å². The molecule has 0 aliphatic rings. The molecule has 0 radical (unpaired) electrons. The van der Waals surface area contributed by atoms with Crippen LogP contribution in [0.3, 0.4) is 0 Å². The summed E-state index contributed by atoms with van der Waals surface area (Å²) in [6.07, 6.45) is 2.15. The molecule has 1 rings (SSSR count). The predicted octanol–water partition coefficient (Wildman–Crippen LogP) is 2.11. The van der Waals surface area contributed by atoms with Crippen molar-refractivity contribution < 1.29 is 4.74 Å². The van der Waals surface area contributed by atoms with Crippen LogP contribution in [-0.2, 0) is 6.42 Å². The zero-order valence-corrected chi connectivity index (χ0v) is 7.86. The molecular weight excluding hydrogens is 155 g/mol. The van der Waals surface area contributed by atoms with Crippen molar-refractivity contribution in [3.63, 3.8) is 0 Å². The van der Waals surface area contributed by atoms with E-state index >= 15 is 0 Å². The van der Waals surface area contributed by atoms with Gasteiger partial charge in [-0.2, -0.15) is 0 Å². The summed E-state index contributed by atoms with van der Waals surface area (Å²) in [5.74, 6) is 0.995. The van der Waals surface area contributed by atoms with Crippen molar-refractivity contribution >= 4 is 9.24 Å². The molecule has 2 heteroatoms. The lowest BCUT2D eigenvalue weighted by atomic mass is 10.1. The lowest BCUT2D eigenvalue weighted by Gasteiger charge is -2.05. The van der Waals surface area contributed by atoms with Gasteiger partial charge in [0.15, 0.2) is 0 Å². The zero-order valence-electron chi connectivity index (χ0n) is 6.71. The fourth-order valence-corrected chi connectivity index (χ4v) is 1.38. The summed E-state index contributed by atoms with van der Waals surface area (Å²) in [6.45, 7) is 0. The first-order chi connectivity index (χ1) is 5.38. The number of hydrogen-bond acceptors (Lipinski definition) is 1. The van der Waals surface area contributed by atoms with E-state index in [1.807, 2.05) is 18.2 Å². The van der Waals surface area contributed by atoms with E-state index in [-0.39, 0.29) is 0 Å². The van der Waals surface area contributed by atoms with E-state index in [0.717, 1.165) is 18.3 Å². The molecule has 0 aromatic heterocycles. The smallest absolute Gasteiger partial charge is 0.122 e. The van der Waals surface area contributed by atoms with Crippen LogP contribution >= 0.6 is 9.24 Å². The van der Waals surface area contributed by atoms with E-state index in [1.54, 1.807) is 7.11 Å². The van der Waals surface area contributed by atoms with Crippen LogP contribution in [0, 0.1) is 0 Å². The fourth-order valence-electron chi connectivity index (χ4n) is 1.07. The molecule has 0 amide bonds. The Labute approximate surface area is 70.0 Å². The maximum atomic E-state index is 5.19. The topological polar surface area (TPSA) is 9.23 Å². The Kier molecular flexibility index (Phi) is 3.38. The number of rotatable bonds is 3. The lowest BCUT2D eigenvalue weighted by molar-refractivity contribution is 0.410. The SMILES string of the molecule is COc1ccccc1CCP. The summed E-state index contributed by atoms with van der Waals surface area (Å²) in [5, 5.41) is 0. The van der Waals surface area contributed by atoms with Crippen LogP contribution in [0.25, 0.3) is 0 Å². The number of aryl methyl sites for hydroxylation is 1. The summed E-state index contributed by atoms with van der Waals surface area (Å²) in [5.41, 5.74) is 1.28. The average Bonchev–Trinajstić information content (AvgIpc) is 2.06. The molecule has 1 unspecified atom stereocenters. The Morgan fingerprint density at radius 3 is 2.73 bits per heavy atom. The molecule has 0 aliphatic carbocycles. The summed E-state index contributed by atoms with van der Waals surface area (Å²) < 4.78 is 5.19. The second kappa shape index (κ2) is 4.35. The fraction of sp³-hybridized carbons (Fsp3) is 0.333. The maximum Gasteiger partial charge on any atom is 0.122 e. The van der Waals surface area contributed by atoms with Crippen molar-refractivity contribution in [2.75, 3.05) is 13.3 Å². The lowest BCUT2D eigenvalue weighted by Crippen LogP contribution is -1.91. The Morgan fingerprint density at radius 2 is 2.09 bits per heavy atom. The molecular formula is C9H13OP. The molecule has 0 aliphatic heterocycles. The van der Waals surface area contributed by atoms with Gasteiger partial charge in [0.1, 0.15) is 5.75 Å². The minimum Gasteiger partial charge on any atom is -0.496 e. The first-order valence-corrected chi connectivity index (χ1v) is 4.52. The minimum absolute atomic E-state index is 0.995. The Hall–Kier alpha value is -0.550. The van der Waals surface area contributed by atoms with Gasteiger partial charge in [0, 0.05) is 0 Å². The third-order valence-electron chi connectivity index (χ3n) is 1.61. The van der Waals surface area contributed by atoms with Crippen LogP contribution in [0.15, 0.2) is 24.3 Å². The summed E-state index contributed by atoms with van der Waals surface area (Å²) in [6, 6.07) is 8.13. The van der Waals surface area contributed by atoms with Gasteiger partial charge in [0.05, 0.1) is 7.11 Å². The van der Waals surface area contributed by atoms with Crippen LogP contribution in [0.4, 0.5) is 0 Å². The van der Waals surface area contributed by atoms with Gasteiger partial charge >= 0.3 is 0 Å². The third kappa shape index (κ3) is 2.20. The highest BCUT2D eigenvalue weighted by Crippen LogP contribution is 2.17. The van der Waals surface area contributed by atoms with E-state index in [0.29, 0.717) is 0 Å². The van der Waals surface area contributed by atoms with Crippen molar-refractivity contribution in [2.45, 2.75) is 6.42 Å². The molecule has 0 N–H and O–H groups in total. The summed E-state index contributed by atoms with van der Waals surface area (Å²) in [7, 11) is 4.43. The van der Waals surface area contributed by atoms with Crippen molar-refractivity contribution in [3.8, 4) is 5.75 Å². The normalized spacial score (nSPS) is 9.64. The molecule has 0 bridgehead atoms. The van der Waals surface area contributed by atoms with Crippen LogP contribution in [0.1, 0.15) is 5.56 Å². The molecule has 1 aromatic carbocycles. The van der Waals surface area contributed by atoms with Gasteiger partial charge in [-0.25, -0.2) is 0 Å². The van der Waals surface area contributed by atoms with Crippen LogP contribution in [0.5, 0.6) is 5.75 Å². The van der Waals surface area contributed by atoms with Gasteiger partial charge in [-0.05, 0) is 24.2 Å². The molecule has 1 atom stereocenters. The molecule has 0 saturated heterocycles. The quantitative estimate of drug-likeness (QED) is 0.628. The van der Waals surface area contributed by atoms with Crippen molar-refractivity contribution in [1.29, 1.82) is 0 Å². The Morgan fingerprint density at radius 1 is 1.36 bits per heavy atom. The summed E-state index contributed by atoms with van der Waals surface area (Å²) >= 11 is 0. The molecule has 0 saturated carbocycles. The molecule has 11 heavy (non-hydrogen) atoms. The van der Waals surface area contributed by atoms with E-state index in [4.69, 9.17) is 4.74 Å². The van der Waals surface area contributed by atoms with Crippen molar-refractivity contribution in [2.24, 2.45) is 0 Å². The summed E-state index contributed by atoms with van der Waals surface area (Å²) in [4.78, 5) is 0. The minimum atomic E-state index is 0.995. The van der Waals surface area contributed by atoms with E-state index in [1.165, 1.54) is 5.56 Å². The predicted molar refractivity (Wildman–Crippen MR) is 51.3 cm³/mol. The van der Waals surface area contributed by atoms with Gasteiger partial charge in [0.2, 0.25) is 0 Å². The van der Waals surface area contributed by atoms with Crippen molar-refractivity contribution in [1.82, 2.24) is 0 Å². The second-order valence-electron chi connectivity index (χ2n) is 2.35. The highest BCUT2D eigenvalue weighted by Gasteiger charge is 1.97. The first kappa shape index (κ1) is 8.55. The molecule has 0 fully saturated rings.